The second-order valence-corrected chi connectivity index (χ2v) is 12.1. The molecule has 3 saturated heterocycles. The summed E-state index contributed by atoms with van der Waals surface area (Å²) in [5, 5.41) is 10.7. The van der Waals surface area contributed by atoms with Gasteiger partial charge in [-0.15, -0.1) is 13.2 Å². The zero-order valence-corrected chi connectivity index (χ0v) is 25.1. The number of likely N-dealkylation sites (tertiary alicyclic amines) is 1. The molecule has 2 bridgehead atoms. The van der Waals surface area contributed by atoms with E-state index in [1.807, 2.05) is 74.5 Å². The normalized spacial score (nSPS) is 29.7. The van der Waals surface area contributed by atoms with Crippen LogP contribution in [0, 0.1) is 17.8 Å². The van der Waals surface area contributed by atoms with Crippen molar-refractivity contribution in [1.29, 1.82) is 0 Å². The van der Waals surface area contributed by atoms with Gasteiger partial charge in [0.1, 0.15) is 17.6 Å². The first-order valence-corrected chi connectivity index (χ1v) is 15.1. The van der Waals surface area contributed by atoms with Gasteiger partial charge in [-0.2, -0.15) is 0 Å². The zero-order valence-electron chi connectivity index (χ0n) is 25.1. The van der Waals surface area contributed by atoms with Gasteiger partial charge in [0.2, 0.25) is 11.8 Å². The number of hydrogen-bond donors (Lipinski definition) is 1. The molecule has 8 nitrogen and oxygen atoms in total. The van der Waals surface area contributed by atoms with E-state index in [0.29, 0.717) is 31.4 Å². The number of amides is 2. The van der Waals surface area contributed by atoms with Crippen molar-refractivity contribution >= 4 is 17.8 Å². The SMILES string of the molecule is C=CCCCOC(=O)[C@@H]1[C@H]2C(=O)N([C@H](CO)c3ccccc3)C(C(=O)N(CC=C)Cc3ccccc3)C23CC(C)[C@@]1(C)O3. The quantitative estimate of drug-likeness (QED) is 0.212. The minimum atomic E-state index is -1.26. The van der Waals surface area contributed by atoms with Gasteiger partial charge in [0.25, 0.3) is 0 Å². The van der Waals surface area contributed by atoms with Crippen molar-refractivity contribution in [2.24, 2.45) is 17.8 Å². The lowest BCUT2D eigenvalue weighted by molar-refractivity contribution is -0.164. The molecule has 43 heavy (non-hydrogen) atoms. The number of ether oxygens (including phenoxy) is 2. The van der Waals surface area contributed by atoms with Crippen LogP contribution in [0.3, 0.4) is 0 Å². The highest BCUT2D eigenvalue weighted by Crippen LogP contribution is 2.66. The molecule has 0 aliphatic carbocycles. The summed E-state index contributed by atoms with van der Waals surface area (Å²) in [5.41, 5.74) is -0.610. The van der Waals surface area contributed by atoms with Gasteiger partial charge in [-0.05, 0) is 43.2 Å². The van der Waals surface area contributed by atoms with E-state index in [-0.39, 0.29) is 30.9 Å². The molecule has 228 valence electrons. The third-order valence-electron chi connectivity index (χ3n) is 9.61. The number of carbonyl (C=O) groups excluding carboxylic acids is 3. The Morgan fingerprint density at radius 2 is 1.81 bits per heavy atom. The predicted octanol–water partition coefficient (Wildman–Crippen LogP) is 4.45. The molecule has 7 atom stereocenters. The van der Waals surface area contributed by atoms with E-state index in [1.165, 1.54) is 4.90 Å². The summed E-state index contributed by atoms with van der Waals surface area (Å²) in [6.07, 6.45) is 5.19. The third kappa shape index (κ3) is 5.21. The average Bonchev–Trinajstić information content (AvgIpc) is 3.53. The Bertz CT molecular complexity index is 1350. The molecule has 3 unspecified atom stereocenters. The van der Waals surface area contributed by atoms with Gasteiger partial charge < -0.3 is 24.4 Å². The number of benzene rings is 2. The second kappa shape index (κ2) is 12.5. The molecule has 3 aliphatic rings. The summed E-state index contributed by atoms with van der Waals surface area (Å²) in [5.74, 6) is -3.09. The van der Waals surface area contributed by atoms with Crippen LogP contribution in [0.25, 0.3) is 0 Å². The average molecular weight is 587 g/mol. The molecular formula is C35H42N2O6. The molecule has 0 radical (unpaired) electrons. The molecule has 2 aromatic rings. The number of aliphatic hydroxyl groups is 1. The summed E-state index contributed by atoms with van der Waals surface area (Å²) >= 11 is 0. The first-order chi connectivity index (χ1) is 20.7. The fraction of sp³-hybridized carbons (Fsp3) is 0.457. The van der Waals surface area contributed by atoms with Crippen LogP contribution < -0.4 is 0 Å². The smallest absolute Gasteiger partial charge is 0.312 e. The molecule has 3 aliphatic heterocycles. The molecular weight excluding hydrogens is 544 g/mol. The van der Waals surface area contributed by atoms with Crippen LogP contribution in [0.1, 0.15) is 50.3 Å². The van der Waals surface area contributed by atoms with Gasteiger partial charge in [-0.3, -0.25) is 14.4 Å². The maximum absolute atomic E-state index is 14.8. The Hall–Kier alpha value is -3.75. The van der Waals surface area contributed by atoms with Gasteiger partial charge in [-0.1, -0.05) is 79.7 Å². The minimum absolute atomic E-state index is 0.121. The monoisotopic (exact) mass is 586 g/mol. The number of aliphatic hydroxyl groups excluding tert-OH is 1. The third-order valence-corrected chi connectivity index (χ3v) is 9.61. The number of allylic oxidation sites excluding steroid dienone is 1. The van der Waals surface area contributed by atoms with E-state index in [2.05, 4.69) is 13.2 Å². The van der Waals surface area contributed by atoms with Crippen molar-refractivity contribution in [2.75, 3.05) is 19.8 Å². The van der Waals surface area contributed by atoms with E-state index >= 15 is 0 Å². The zero-order chi connectivity index (χ0) is 30.8. The van der Waals surface area contributed by atoms with E-state index < -0.39 is 47.7 Å². The number of hydrogen-bond acceptors (Lipinski definition) is 6. The molecule has 3 heterocycles. The van der Waals surface area contributed by atoms with Crippen LogP contribution in [-0.4, -0.2) is 69.7 Å². The van der Waals surface area contributed by atoms with E-state index in [1.54, 1.807) is 17.1 Å². The van der Waals surface area contributed by atoms with E-state index in [9.17, 15) is 19.5 Å². The Kier molecular flexibility index (Phi) is 8.90. The Balaban J connectivity index is 1.60. The summed E-state index contributed by atoms with van der Waals surface area (Å²) < 4.78 is 12.6. The lowest BCUT2D eigenvalue weighted by Gasteiger charge is -2.39. The van der Waals surface area contributed by atoms with Crippen LogP contribution in [0.15, 0.2) is 86.0 Å². The molecule has 8 heteroatoms. The van der Waals surface area contributed by atoms with Crippen LogP contribution in [-0.2, 0) is 30.4 Å². The lowest BCUT2D eigenvalue weighted by Crippen LogP contribution is -2.57. The minimum Gasteiger partial charge on any atom is -0.465 e. The molecule has 5 rings (SSSR count). The van der Waals surface area contributed by atoms with Gasteiger partial charge in [0, 0.05) is 13.1 Å². The summed E-state index contributed by atoms with van der Waals surface area (Å²) in [6, 6.07) is 17.0. The maximum atomic E-state index is 14.8. The van der Waals surface area contributed by atoms with Gasteiger partial charge >= 0.3 is 5.97 Å². The summed E-state index contributed by atoms with van der Waals surface area (Å²) in [6.45, 7) is 11.8. The molecule has 2 aromatic carbocycles. The van der Waals surface area contributed by atoms with Crippen LogP contribution in [0.4, 0.5) is 0 Å². The predicted molar refractivity (Wildman–Crippen MR) is 162 cm³/mol. The molecule has 3 fully saturated rings. The number of carbonyl (C=O) groups is 3. The summed E-state index contributed by atoms with van der Waals surface area (Å²) in [7, 11) is 0. The highest BCUT2D eigenvalue weighted by Gasteiger charge is 2.80. The van der Waals surface area contributed by atoms with Crippen molar-refractivity contribution < 1.29 is 29.0 Å². The molecule has 0 aromatic heterocycles. The molecule has 1 spiro atoms. The van der Waals surface area contributed by atoms with Crippen molar-refractivity contribution in [2.45, 2.75) is 62.9 Å². The second-order valence-electron chi connectivity index (χ2n) is 12.1. The fourth-order valence-electron chi connectivity index (χ4n) is 7.53. The number of nitrogens with zero attached hydrogens (tertiary/aromatic N) is 2. The first kappa shape index (κ1) is 30.7. The van der Waals surface area contributed by atoms with Crippen molar-refractivity contribution in [1.82, 2.24) is 9.80 Å². The van der Waals surface area contributed by atoms with Crippen LogP contribution >= 0.6 is 0 Å². The number of fused-ring (bicyclic) bond motifs is 1. The number of esters is 1. The number of unbranched alkanes of at least 4 members (excludes halogenated alkanes) is 1. The largest absolute Gasteiger partial charge is 0.465 e. The molecule has 0 saturated carbocycles. The van der Waals surface area contributed by atoms with Gasteiger partial charge in [0.15, 0.2) is 0 Å². The highest BCUT2D eigenvalue weighted by molar-refractivity contribution is 5.99. The molecule has 2 amide bonds. The Labute approximate surface area is 254 Å². The van der Waals surface area contributed by atoms with Crippen LogP contribution in [0.5, 0.6) is 0 Å². The lowest BCUT2D eigenvalue weighted by atomic mass is 9.62. The number of rotatable bonds is 13. The standard InChI is InChI=1S/C35H42N2O6/c1-5-7-14-20-42-33(41)29-28-31(39)37(27(23-38)26-17-12-9-13-18-26)30(35(28)21-24(3)34(29,4)43-35)32(40)36(19-6-2)22-25-15-10-8-11-16-25/h5-6,8-13,15-18,24,27-30,38H,1-2,7,14,19-23H2,3-4H3/t24?,27-,28+,29+,30?,34-,35?/m1/s1. The van der Waals surface area contributed by atoms with Crippen molar-refractivity contribution in [3.63, 3.8) is 0 Å². The Morgan fingerprint density at radius 3 is 2.44 bits per heavy atom. The van der Waals surface area contributed by atoms with Gasteiger partial charge in [0.05, 0.1) is 30.8 Å². The first-order valence-electron chi connectivity index (χ1n) is 15.1. The van der Waals surface area contributed by atoms with E-state index in [4.69, 9.17) is 9.47 Å². The van der Waals surface area contributed by atoms with Crippen molar-refractivity contribution in [3.8, 4) is 0 Å². The van der Waals surface area contributed by atoms with Crippen LogP contribution in [0.2, 0.25) is 0 Å². The molecule has 1 N–H and O–H groups in total. The maximum Gasteiger partial charge on any atom is 0.312 e. The summed E-state index contributed by atoms with van der Waals surface area (Å²) in [4.78, 5) is 46.4. The fourth-order valence-corrected chi connectivity index (χ4v) is 7.53. The van der Waals surface area contributed by atoms with E-state index in [0.717, 1.165) is 5.56 Å². The van der Waals surface area contributed by atoms with Gasteiger partial charge in [-0.25, -0.2) is 0 Å². The van der Waals surface area contributed by atoms with Crippen molar-refractivity contribution in [3.05, 3.63) is 97.1 Å². The Morgan fingerprint density at radius 1 is 1.14 bits per heavy atom. The topological polar surface area (TPSA) is 96.4 Å². The highest BCUT2D eigenvalue weighted by atomic mass is 16.6.